The van der Waals surface area contributed by atoms with Crippen molar-refractivity contribution in [3.05, 3.63) is 0 Å². The molecule has 4 aliphatic rings. The van der Waals surface area contributed by atoms with Gasteiger partial charge in [0.2, 0.25) is 5.91 Å². The largest absolute Gasteiger partial charge is 0.466 e. The summed E-state index contributed by atoms with van der Waals surface area (Å²) in [5.41, 5.74) is 4.36. The van der Waals surface area contributed by atoms with Crippen LogP contribution in [0.1, 0.15) is 45.4 Å². The summed E-state index contributed by atoms with van der Waals surface area (Å²) < 4.78 is 5.14. The quantitative estimate of drug-likeness (QED) is 0.592. The van der Waals surface area contributed by atoms with Crippen LogP contribution in [-0.4, -0.2) is 34.1 Å². The average molecular weight is 330 g/mol. The van der Waals surface area contributed by atoms with Gasteiger partial charge in [-0.1, -0.05) is 0 Å². The average Bonchev–Trinajstić information content (AvgIpc) is 2.33. The number of hydrogen-bond donors (Lipinski definition) is 2. The molecule has 4 fully saturated rings. The number of carbonyl (C=O) groups is 2. The zero-order valence-corrected chi connectivity index (χ0v) is 13.6. The van der Waals surface area contributed by atoms with Gasteiger partial charge in [0.15, 0.2) is 0 Å². The first-order valence-corrected chi connectivity index (χ1v) is 8.50. The van der Waals surface area contributed by atoms with E-state index >= 15 is 0 Å². The van der Waals surface area contributed by atoms with Gasteiger partial charge in [-0.3, -0.25) is 9.59 Å². The van der Waals surface area contributed by atoms with Crippen LogP contribution in [0, 0.1) is 23.7 Å². The second kappa shape index (κ2) is 5.38. The van der Waals surface area contributed by atoms with E-state index in [1.54, 1.807) is 6.92 Å². The van der Waals surface area contributed by atoms with Crippen molar-refractivity contribution < 1.29 is 19.4 Å². The van der Waals surface area contributed by atoms with Crippen LogP contribution >= 0.6 is 11.6 Å². The molecule has 124 valence electrons. The fourth-order valence-electron chi connectivity index (χ4n) is 5.58. The van der Waals surface area contributed by atoms with Crippen molar-refractivity contribution in [2.75, 3.05) is 6.61 Å². The number of ether oxygens (including phenoxy) is 1. The van der Waals surface area contributed by atoms with Crippen molar-refractivity contribution in [1.82, 2.24) is 0 Å². The first-order valence-electron chi connectivity index (χ1n) is 8.12. The van der Waals surface area contributed by atoms with E-state index in [0.717, 1.165) is 19.3 Å². The zero-order chi connectivity index (χ0) is 16.1. The van der Waals surface area contributed by atoms with E-state index in [1.165, 1.54) is 0 Å². The minimum Gasteiger partial charge on any atom is -0.466 e. The predicted octanol–water partition coefficient (Wildman–Crippen LogP) is 1.59. The molecule has 0 saturated heterocycles. The lowest BCUT2D eigenvalue weighted by Gasteiger charge is -2.63. The summed E-state index contributed by atoms with van der Waals surface area (Å²) >= 11 is 6.67. The van der Waals surface area contributed by atoms with Crippen LogP contribution in [0.4, 0.5) is 0 Å². The third kappa shape index (κ3) is 2.62. The Morgan fingerprint density at radius 3 is 2.68 bits per heavy atom. The molecule has 6 atom stereocenters. The van der Waals surface area contributed by atoms with Crippen LogP contribution in [0.2, 0.25) is 0 Å². The zero-order valence-electron chi connectivity index (χ0n) is 12.9. The molecule has 5 nitrogen and oxygen atoms in total. The third-order valence-electron chi connectivity index (χ3n) is 5.76. The van der Waals surface area contributed by atoms with Gasteiger partial charge >= 0.3 is 5.97 Å². The van der Waals surface area contributed by atoms with Gasteiger partial charge in [-0.2, -0.15) is 0 Å². The highest BCUT2D eigenvalue weighted by Gasteiger charge is 2.64. The fraction of sp³-hybridized carbons (Fsp3) is 0.875. The molecular formula is C16H24ClNO4. The molecule has 4 aliphatic carbocycles. The standard InChI is InChI=1S/C16H24ClNO4/c1-2-22-14(20)11(4-12(18)19)13-10-3-9-5-15(17,7-10)8-16(13,21)6-9/h9-11,13,21H,2-8H2,1H3,(H2,18,19)/t9-,10+,11+,13-,15+,16+/m0/s1. The van der Waals surface area contributed by atoms with Crippen molar-refractivity contribution in [2.24, 2.45) is 29.4 Å². The number of esters is 1. The van der Waals surface area contributed by atoms with E-state index in [9.17, 15) is 14.7 Å². The van der Waals surface area contributed by atoms with Crippen molar-refractivity contribution in [2.45, 2.75) is 55.9 Å². The molecule has 0 aromatic rings. The number of amides is 1. The number of primary amides is 1. The lowest BCUT2D eigenvalue weighted by molar-refractivity contribution is -0.194. The van der Waals surface area contributed by atoms with E-state index in [-0.39, 0.29) is 29.7 Å². The van der Waals surface area contributed by atoms with E-state index < -0.39 is 23.4 Å². The van der Waals surface area contributed by atoms with Crippen molar-refractivity contribution >= 4 is 23.5 Å². The summed E-state index contributed by atoms with van der Waals surface area (Å²) in [4.78, 5) is 23.4. The maximum absolute atomic E-state index is 12.3. The normalized spacial score (nSPS) is 43.9. The second-order valence-corrected chi connectivity index (χ2v) is 8.26. The Morgan fingerprint density at radius 1 is 1.41 bits per heavy atom. The third-order valence-corrected chi connectivity index (χ3v) is 6.20. The summed E-state index contributed by atoms with van der Waals surface area (Å²) in [5, 5.41) is 11.2. The Bertz CT molecular complexity index is 499. The SMILES string of the molecule is CCOC(=O)[C@H](CC(N)=O)[C@@H]1[C@@H]2C[C@H]3C[C@@](Cl)(C2)C[C@]1(O)C3. The van der Waals surface area contributed by atoms with Crippen molar-refractivity contribution in [3.63, 3.8) is 0 Å². The molecule has 6 heteroatoms. The monoisotopic (exact) mass is 329 g/mol. The van der Waals surface area contributed by atoms with Gasteiger partial charge < -0.3 is 15.6 Å². The molecular weight excluding hydrogens is 306 g/mol. The van der Waals surface area contributed by atoms with Gasteiger partial charge in [-0.05, 0) is 50.9 Å². The Kier molecular flexibility index (Phi) is 3.92. The number of alkyl halides is 1. The number of hydrogen-bond acceptors (Lipinski definition) is 4. The van der Waals surface area contributed by atoms with E-state index in [2.05, 4.69) is 0 Å². The summed E-state index contributed by atoms with van der Waals surface area (Å²) in [6.45, 7) is 1.99. The van der Waals surface area contributed by atoms with Crippen LogP contribution in [0.5, 0.6) is 0 Å². The Hall–Kier alpha value is -0.810. The van der Waals surface area contributed by atoms with Gasteiger partial charge in [0.25, 0.3) is 0 Å². The molecule has 1 amide bonds. The molecule has 0 radical (unpaired) electrons. The lowest BCUT2D eigenvalue weighted by atomic mass is 9.47. The van der Waals surface area contributed by atoms with Crippen LogP contribution in [0.25, 0.3) is 0 Å². The molecule has 4 saturated carbocycles. The van der Waals surface area contributed by atoms with E-state index in [1.807, 2.05) is 0 Å². The summed E-state index contributed by atoms with van der Waals surface area (Å²) in [5.74, 6) is -1.30. The summed E-state index contributed by atoms with van der Waals surface area (Å²) in [7, 11) is 0. The molecule has 0 unspecified atom stereocenters. The first-order chi connectivity index (χ1) is 10.3. The Balaban J connectivity index is 1.90. The van der Waals surface area contributed by atoms with Crippen LogP contribution in [-0.2, 0) is 14.3 Å². The Labute approximate surface area is 135 Å². The number of halogens is 1. The van der Waals surface area contributed by atoms with Crippen LogP contribution in [0.15, 0.2) is 0 Å². The summed E-state index contributed by atoms with van der Waals surface area (Å²) in [6.07, 6.45) is 3.80. The second-order valence-electron chi connectivity index (χ2n) is 7.46. The van der Waals surface area contributed by atoms with Crippen molar-refractivity contribution in [3.8, 4) is 0 Å². The molecule has 4 bridgehead atoms. The molecule has 0 aliphatic heterocycles. The fourth-order valence-corrected chi connectivity index (χ4v) is 6.23. The topological polar surface area (TPSA) is 89.6 Å². The Morgan fingerprint density at radius 2 is 2.14 bits per heavy atom. The van der Waals surface area contributed by atoms with Gasteiger partial charge in [-0.25, -0.2) is 0 Å². The number of carbonyl (C=O) groups excluding carboxylic acids is 2. The maximum Gasteiger partial charge on any atom is 0.309 e. The molecule has 22 heavy (non-hydrogen) atoms. The number of aliphatic hydroxyl groups is 1. The lowest BCUT2D eigenvalue weighted by Crippen LogP contribution is -2.64. The van der Waals surface area contributed by atoms with E-state index in [4.69, 9.17) is 22.1 Å². The van der Waals surface area contributed by atoms with Gasteiger partial charge in [0, 0.05) is 17.2 Å². The molecule has 0 aromatic carbocycles. The van der Waals surface area contributed by atoms with Crippen molar-refractivity contribution in [1.29, 1.82) is 0 Å². The number of nitrogens with two attached hydrogens (primary N) is 1. The van der Waals surface area contributed by atoms with Gasteiger partial charge in [0.1, 0.15) is 0 Å². The maximum atomic E-state index is 12.3. The minimum atomic E-state index is -0.974. The molecule has 0 spiro atoms. The molecule has 4 rings (SSSR count). The molecule has 0 aromatic heterocycles. The first kappa shape index (κ1) is 16.1. The van der Waals surface area contributed by atoms with Crippen LogP contribution in [0.3, 0.4) is 0 Å². The van der Waals surface area contributed by atoms with E-state index in [0.29, 0.717) is 18.8 Å². The van der Waals surface area contributed by atoms with Gasteiger partial charge in [-0.15, -0.1) is 11.6 Å². The highest BCUT2D eigenvalue weighted by atomic mass is 35.5. The highest BCUT2D eigenvalue weighted by molar-refractivity contribution is 6.24. The molecule has 0 heterocycles. The smallest absolute Gasteiger partial charge is 0.309 e. The van der Waals surface area contributed by atoms with Gasteiger partial charge in [0.05, 0.1) is 18.1 Å². The highest BCUT2D eigenvalue weighted by Crippen LogP contribution is 2.64. The van der Waals surface area contributed by atoms with Crippen LogP contribution < -0.4 is 5.73 Å². The number of rotatable bonds is 5. The predicted molar refractivity (Wildman–Crippen MR) is 81.0 cm³/mol. The minimum absolute atomic E-state index is 0.0672. The summed E-state index contributed by atoms with van der Waals surface area (Å²) in [6, 6.07) is 0. The molecule has 3 N–H and O–H groups in total.